The highest BCUT2D eigenvalue weighted by molar-refractivity contribution is 5.81. The molecule has 31 heavy (non-hydrogen) atoms. The zero-order valence-corrected chi connectivity index (χ0v) is 17.9. The molecule has 1 amide bonds. The normalized spacial score (nSPS) is 11.8. The number of unbranched alkanes of at least 4 members (excludes halogenated alkanes) is 1. The van der Waals surface area contributed by atoms with E-state index in [1.165, 1.54) is 0 Å². The lowest BCUT2D eigenvalue weighted by Gasteiger charge is -2.12. The maximum Gasteiger partial charge on any atom is 0.270 e. The van der Waals surface area contributed by atoms with Crippen LogP contribution >= 0.6 is 0 Å². The van der Waals surface area contributed by atoms with Gasteiger partial charge < -0.3 is 16.0 Å². The molecule has 6 heteroatoms. The molecule has 1 heterocycles. The summed E-state index contributed by atoms with van der Waals surface area (Å²) in [6, 6.07) is 19.0. The highest BCUT2D eigenvalue weighted by Gasteiger charge is 2.13. The Morgan fingerprint density at radius 2 is 1.68 bits per heavy atom. The van der Waals surface area contributed by atoms with Crippen LogP contribution in [-0.2, 0) is 24.1 Å². The van der Waals surface area contributed by atoms with Gasteiger partial charge in [0.05, 0.1) is 11.7 Å². The molecule has 162 valence electrons. The third kappa shape index (κ3) is 6.89. The first kappa shape index (κ1) is 22.4. The van der Waals surface area contributed by atoms with Crippen molar-refractivity contribution < 1.29 is 4.79 Å². The summed E-state index contributed by atoms with van der Waals surface area (Å²) in [6.07, 6.45) is 3.40. The fourth-order valence-corrected chi connectivity index (χ4v) is 3.50. The average Bonchev–Trinajstić information content (AvgIpc) is 2.78. The molecule has 0 fully saturated rings. The predicted octanol–water partition coefficient (Wildman–Crippen LogP) is 2.68. The van der Waals surface area contributed by atoms with Crippen LogP contribution in [0.1, 0.15) is 41.1 Å². The number of carbonyl (C=O) groups is 1. The molecule has 0 radical (unpaired) electrons. The molecule has 4 N–H and O–H groups in total. The number of H-pyrrole nitrogens is 1. The van der Waals surface area contributed by atoms with E-state index >= 15 is 0 Å². The number of aromatic nitrogens is 2. The van der Waals surface area contributed by atoms with Crippen molar-refractivity contribution in [3.05, 3.63) is 99.2 Å². The molecule has 0 bridgehead atoms. The number of aryl methyl sites for hydroxylation is 2. The summed E-state index contributed by atoms with van der Waals surface area (Å²) in [7, 11) is 0. The van der Waals surface area contributed by atoms with Gasteiger partial charge in [-0.1, -0.05) is 60.7 Å². The maximum absolute atomic E-state index is 12.4. The molecule has 0 aliphatic carbocycles. The second kappa shape index (κ2) is 11.2. The lowest BCUT2D eigenvalue weighted by Crippen LogP contribution is -2.42. The van der Waals surface area contributed by atoms with Crippen molar-refractivity contribution in [3.63, 3.8) is 0 Å². The molecule has 2 aromatic carbocycles. The van der Waals surface area contributed by atoms with E-state index < -0.39 is 6.04 Å². The minimum Gasteiger partial charge on any atom is -0.355 e. The Hall–Kier alpha value is -3.25. The number of benzene rings is 2. The van der Waals surface area contributed by atoms with Crippen LogP contribution in [0.2, 0.25) is 0 Å². The Balaban J connectivity index is 1.42. The van der Waals surface area contributed by atoms with E-state index in [9.17, 15) is 9.59 Å². The highest BCUT2D eigenvalue weighted by atomic mass is 16.2. The number of carbonyl (C=O) groups excluding carboxylic acids is 1. The quantitative estimate of drug-likeness (QED) is 0.441. The van der Waals surface area contributed by atoms with Crippen LogP contribution in [0, 0.1) is 6.92 Å². The number of hydrogen-bond donors (Lipinski definition) is 3. The molecule has 1 aromatic heterocycles. The van der Waals surface area contributed by atoms with Gasteiger partial charge >= 0.3 is 0 Å². The van der Waals surface area contributed by atoms with Gasteiger partial charge in [0.15, 0.2) is 0 Å². The Kier molecular flexibility index (Phi) is 8.12. The maximum atomic E-state index is 12.4. The van der Waals surface area contributed by atoms with Crippen LogP contribution in [0.3, 0.4) is 0 Å². The van der Waals surface area contributed by atoms with Crippen LogP contribution in [0.4, 0.5) is 0 Å². The van der Waals surface area contributed by atoms with Crippen molar-refractivity contribution in [2.24, 2.45) is 5.73 Å². The van der Waals surface area contributed by atoms with Gasteiger partial charge in [-0.2, -0.15) is 0 Å². The summed E-state index contributed by atoms with van der Waals surface area (Å²) in [4.78, 5) is 32.1. The van der Waals surface area contributed by atoms with E-state index in [2.05, 4.69) is 15.3 Å². The summed E-state index contributed by atoms with van der Waals surface area (Å²) in [5.41, 5.74) is 10.2. The van der Waals surface area contributed by atoms with Crippen molar-refractivity contribution in [3.8, 4) is 0 Å². The number of rotatable bonds is 10. The summed E-state index contributed by atoms with van der Waals surface area (Å²) in [5, 5.41) is 2.90. The molecule has 0 spiro atoms. The number of nitrogens with zero attached hydrogens (tertiary/aromatic N) is 1. The summed E-state index contributed by atoms with van der Waals surface area (Å²) in [6.45, 7) is 2.48. The molecular weight excluding hydrogens is 388 g/mol. The Morgan fingerprint density at radius 3 is 2.35 bits per heavy atom. The van der Waals surface area contributed by atoms with Gasteiger partial charge in [-0.05, 0) is 43.7 Å². The van der Waals surface area contributed by atoms with Crippen molar-refractivity contribution in [1.82, 2.24) is 15.3 Å². The second-order valence-corrected chi connectivity index (χ2v) is 7.78. The molecule has 6 nitrogen and oxygen atoms in total. The van der Waals surface area contributed by atoms with Gasteiger partial charge in [-0.25, -0.2) is 0 Å². The highest BCUT2D eigenvalue weighted by Crippen LogP contribution is 2.08. The molecular formula is C25H30N4O2. The van der Waals surface area contributed by atoms with Gasteiger partial charge in [0.2, 0.25) is 5.91 Å². The largest absolute Gasteiger partial charge is 0.355 e. The topological polar surface area (TPSA) is 101 Å². The van der Waals surface area contributed by atoms with Crippen LogP contribution in [0.25, 0.3) is 0 Å². The summed E-state index contributed by atoms with van der Waals surface area (Å²) >= 11 is 0. The average molecular weight is 419 g/mol. The van der Waals surface area contributed by atoms with E-state index in [1.54, 1.807) is 0 Å². The van der Waals surface area contributed by atoms with Gasteiger partial charge in [-0.3, -0.25) is 14.6 Å². The minimum atomic E-state index is -0.553. The molecule has 0 aliphatic heterocycles. The fraction of sp³-hybridized carbons (Fsp3) is 0.320. The first-order chi connectivity index (χ1) is 15.0. The predicted molar refractivity (Wildman–Crippen MR) is 123 cm³/mol. The van der Waals surface area contributed by atoms with E-state index in [-0.39, 0.29) is 11.5 Å². The molecule has 0 unspecified atom stereocenters. The molecule has 1 atom stereocenters. The smallest absolute Gasteiger partial charge is 0.270 e. The first-order valence-corrected chi connectivity index (χ1v) is 10.7. The SMILES string of the molecule is Cc1nc(Cc2ccccc2)c(=O)[nH]c1CCCCNC(=O)[C@@H](N)Cc1ccccc1. The fourth-order valence-electron chi connectivity index (χ4n) is 3.50. The van der Waals surface area contributed by atoms with Crippen LogP contribution < -0.4 is 16.6 Å². The lowest BCUT2D eigenvalue weighted by molar-refractivity contribution is -0.122. The summed E-state index contributed by atoms with van der Waals surface area (Å²) in [5.74, 6) is -0.139. The van der Waals surface area contributed by atoms with E-state index in [1.807, 2.05) is 67.6 Å². The van der Waals surface area contributed by atoms with Crippen molar-refractivity contribution >= 4 is 5.91 Å². The Morgan fingerprint density at radius 1 is 1.03 bits per heavy atom. The zero-order valence-electron chi connectivity index (χ0n) is 17.9. The molecule has 0 aliphatic rings. The van der Waals surface area contributed by atoms with E-state index in [0.29, 0.717) is 31.5 Å². The first-order valence-electron chi connectivity index (χ1n) is 10.7. The van der Waals surface area contributed by atoms with Crippen LogP contribution in [0.15, 0.2) is 65.5 Å². The van der Waals surface area contributed by atoms with E-state index in [0.717, 1.165) is 35.4 Å². The minimum absolute atomic E-state index is 0.135. The van der Waals surface area contributed by atoms with Gasteiger partial charge in [0, 0.05) is 18.7 Å². The number of nitrogens with one attached hydrogen (secondary N) is 2. The number of amides is 1. The van der Waals surface area contributed by atoms with Crippen LogP contribution in [-0.4, -0.2) is 28.5 Å². The summed E-state index contributed by atoms with van der Waals surface area (Å²) < 4.78 is 0. The standard InChI is InChI=1S/C25H30N4O2/c1-18-22(29-25(31)23(28-18)17-20-12-6-3-7-13-20)14-8-9-15-27-24(30)21(26)16-19-10-4-2-5-11-19/h2-7,10-13,21H,8-9,14-17,26H2,1H3,(H,27,30)(H,29,31)/t21-/m0/s1. The van der Waals surface area contributed by atoms with Gasteiger partial charge in [-0.15, -0.1) is 0 Å². The number of aromatic amines is 1. The Labute approximate surface area is 182 Å². The van der Waals surface area contributed by atoms with Gasteiger partial charge in [0.1, 0.15) is 5.69 Å². The zero-order chi connectivity index (χ0) is 22.1. The third-order valence-electron chi connectivity index (χ3n) is 5.27. The molecule has 0 saturated carbocycles. The molecule has 3 aromatic rings. The van der Waals surface area contributed by atoms with Crippen LogP contribution in [0.5, 0.6) is 0 Å². The molecule has 0 saturated heterocycles. The van der Waals surface area contributed by atoms with Crippen molar-refractivity contribution in [2.45, 2.75) is 45.1 Å². The Bertz CT molecular complexity index is 1030. The lowest BCUT2D eigenvalue weighted by atomic mass is 10.1. The van der Waals surface area contributed by atoms with Gasteiger partial charge in [0.25, 0.3) is 5.56 Å². The van der Waals surface area contributed by atoms with Crippen molar-refractivity contribution in [1.29, 1.82) is 0 Å². The second-order valence-electron chi connectivity index (χ2n) is 7.78. The van der Waals surface area contributed by atoms with E-state index in [4.69, 9.17) is 5.73 Å². The number of nitrogens with two attached hydrogens (primary N) is 1. The third-order valence-corrected chi connectivity index (χ3v) is 5.27. The molecule has 3 rings (SSSR count). The number of hydrogen-bond acceptors (Lipinski definition) is 4. The monoisotopic (exact) mass is 418 g/mol. The van der Waals surface area contributed by atoms with Crippen molar-refractivity contribution in [2.75, 3.05) is 6.54 Å².